The number of rotatable bonds is 2. The maximum atomic E-state index is 11.9. The van der Waals surface area contributed by atoms with Crippen LogP contribution in [-0.4, -0.2) is 26.7 Å². The van der Waals surface area contributed by atoms with Gasteiger partial charge >= 0.3 is 0 Å². The maximum Gasteiger partial charge on any atom is 0.260 e. The van der Waals surface area contributed by atoms with E-state index in [0.717, 1.165) is 4.74 Å². The van der Waals surface area contributed by atoms with Crippen LogP contribution in [-0.2, 0) is 0 Å². The van der Waals surface area contributed by atoms with Crippen LogP contribution in [0.15, 0.2) is 5.29 Å². The van der Waals surface area contributed by atoms with Gasteiger partial charge in [-0.25, -0.2) is 0 Å². The number of hydrogen-bond donors (Lipinski definition) is 0. The van der Waals surface area contributed by atoms with Crippen LogP contribution in [0.25, 0.3) is 0 Å². The summed E-state index contributed by atoms with van der Waals surface area (Å²) in [6.45, 7) is 8.99. The van der Waals surface area contributed by atoms with E-state index in [9.17, 15) is 10.1 Å². The molecule has 0 spiro atoms. The summed E-state index contributed by atoms with van der Waals surface area (Å²) in [6, 6.07) is 0. The highest BCUT2D eigenvalue weighted by Gasteiger charge is 2.56. The van der Waals surface area contributed by atoms with E-state index < -0.39 is 11.2 Å². The van der Waals surface area contributed by atoms with Crippen LogP contribution in [0.3, 0.4) is 0 Å². The van der Waals surface area contributed by atoms with Gasteiger partial charge in [0.2, 0.25) is 0 Å². The first-order valence-corrected chi connectivity index (χ1v) is 4.77. The van der Waals surface area contributed by atoms with Gasteiger partial charge < -0.3 is 5.21 Å². The van der Waals surface area contributed by atoms with E-state index in [1.54, 1.807) is 13.8 Å². The van der Waals surface area contributed by atoms with Gasteiger partial charge in [0.1, 0.15) is 5.54 Å². The molecule has 1 aliphatic rings. The predicted molar refractivity (Wildman–Crippen MR) is 54.7 cm³/mol. The van der Waals surface area contributed by atoms with Crippen LogP contribution < -0.4 is 0 Å². The van der Waals surface area contributed by atoms with E-state index in [1.165, 1.54) is 5.01 Å². The average molecular weight is 199 g/mol. The summed E-state index contributed by atoms with van der Waals surface area (Å²) in [7, 11) is 0. The van der Waals surface area contributed by atoms with Crippen molar-refractivity contribution in [2.45, 2.75) is 52.2 Å². The number of nitrogens with zero attached hydrogens (tertiary/aromatic N) is 3. The maximum absolute atomic E-state index is 11.9. The molecule has 5 heteroatoms. The zero-order valence-electron chi connectivity index (χ0n) is 9.37. The molecule has 1 aliphatic heterocycles. The van der Waals surface area contributed by atoms with E-state index in [2.05, 4.69) is 5.29 Å². The van der Waals surface area contributed by atoms with Gasteiger partial charge in [-0.05, 0) is 13.8 Å². The Morgan fingerprint density at radius 2 is 1.93 bits per heavy atom. The second-order valence-electron chi connectivity index (χ2n) is 4.54. The van der Waals surface area contributed by atoms with Crippen LogP contribution in [0.5, 0.6) is 0 Å². The number of hydroxylamine groups is 1. The molecule has 0 saturated carbocycles. The standard InChI is InChI=1S/C9H17N3O2/c1-6-7-8(2,3)12(10-13)9(4,5)11(7)14/h6H2,1-5H3. The van der Waals surface area contributed by atoms with Gasteiger partial charge in [0.25, 0.3) is 5.66 Å². The molecule has 0 bridgehead atoms. The zero-order valence-corrected chi connectivity index (χ0v) is 9.37. The summed E-state index contributed by atoms with van der Waals surface area (Å²) >= 11 is 0. The molecule has 0 aliphatic carbocycles. The van der Waals surface area contributed by atoms with Crippen molar-refractivity contribution >= 4 is 5.71 Å². The largest absolute Gasteiger partial charge is 0.622 e. The third-order valence-corrected chi connectivity index (χ3v) is 2.91. The number of hydrogen-bond acceptors (Lipinski definition) is 3. The summed E-state index contributed by atoms with van der Waals surface area (Å²) in [5, 5.41) is 16.2. The lowest BCUT2D eigenvalue weighted by Gasteiger charge is -2.30. The molecule has 0 saturated heterocycles. The van der Waals surface area contributed by atoms with Crippen LogP contribution in [0.1, 0.15) is 41.0 Å². The smallest absolute Gasteiger partial charge is 0.260 e. The van der Waals surface area contributed by atoms with Crippen LogP contribution in [0.4, 0.5) is 0 Å². The molecule has 0 aromatic heterocycles. The molecule has 0 fully saturated rings. The summed E-state index contributed by atoms with van der Waals surface area (Å²) in [5.41, 5.74) is -0.764. The first kappa shape index (κ1) is 10.9. The molecule has 1 rings (SSSR count). The van der Waals surface area contributed by atoms with Gasteiger partial charge in [0.05, 0.1) is 5.29 Å². The van der Waals surface area contributed by atoms with Gasteiger partial charge in [0, 0.05) is 20.3 Å². The lowest BCUT2D eigenvalue weighted by atomic mass is 9.96. The Bertz CT molecular complexity index is 294. The average Bonchev–Trinajstić information content (AvgIpc) is 2.16. The first-order valence-electron chi connectivity index (χ1n) is 4.77. The Morgan fingerprint density at radius 3 is 2.14 bits per heavy atom. The zero-order chi connectivity index (χ0) is 11.1. The summed E-state index contributed by atoms with van der Waals surface area (Å²) in [6.07, 6.45) is 0.631. The molecule has 0 atom stereocenters. The van der Waals surface area contributed by atoms with E-state index in [0.29, 0.717) is 12.1 Å². The van der Waals surface area contributed by atoms with Crippen LogP contribution >= 0.6 is 0 Å². The van der Waals surface area contributed by atoms with E-state index in [1.807, 2.05) is 20.8 Å². The molecular formula is C9H17N3O2. The highest BCUT2D eigenvalue weighted by atomic mass is 16.5. The van der Waals surface area contributed by atoms with Gasteiger partial charge in [-0.15, -0.1) is 4.91 Å². The Hall–Kier alpha value is -1.13. The van der Waals surface area contributed by atoms with Crippen LogP contribution in [0, 0.1) is 10.1 Å². The Morgan fingerprint density at radius 1 is 1.43 bits per heavy atom. The van der Waals surface area contributed by atoms with Crippen LogP contribution in [0.2, 0.25) is 0 Å². The first-order chi connectivity index (χ1) is 6.30. The van der Waals surface area contributed by atoms with Crippen molar-refractivity contribution < 1.29 is 4.74 Å². The molecule has 1 heterocycles. The minimum Gasteiger partial charge on any atom is -0.622 e. The fourth-order valence-corrected chi connectivity index (χ4v) is 2.25. The fourth-order valence-electron chi connectivity index (χ4n) is 2.25. The van der Waals surface area contributed by atoms with E-state index in [4.69, 9.17) is 0 Å². The monoisotopic (exact) mass is 199 g/mol. The Balaban J connectivity index is 3.30. The third-order valence-electron chi connectivity index (χ3n) is 2.91. The topological polar surface area (TPSA) is 58.7 Å². The predicted octanol–water partition coefficient (Wildman–Crippen LogP) is 1.86. The lowest BCUT2D eigenvalue weighted by Crippen LogP contribution is -2.49. The summed E-state index contributed by atoms with van der Waals surface area (Å²) in [4.78, 5) is 10.7. The Kier molecular flexibility index (Phi) is 2.29. The Labute approximate surface area is 83.9 Å². The second kappa shape index (κ2) is 2.93. The molecule has 0 radical (unpaired) electrons. The third kappa shape index (κ3) is 1.11. The molecule has 0 aromatic carbocycles. The molecule has 0 N–H and O–H groups in total. The van der Waals surface area contributed by atoms with Gasteiger partial charge in [-0.2, -0.15) is 9.75 Å². The van der Waals surface area contributed by atoms with Crippen molar-refractivity contribution in [2.75, 3.05) is 0 Å². The van der Waals surface area contributed by atoms with E-state index >= 15 is 0 Å². The molecule has 80 valence electrons. The van der Waals surface area contributed by atoms with Crippen molar-refractivity contribution in [2.24, 2.45) is 5.29 Å². The van der Waals surface area contributed by atoms with Crippen molar-refractivity contribution in [3.63, 3.8) is 0 Å². The van der Waals surface area contributed by atoms with Gasteiger partial charge in [-0.3, -0.25) is 0 Å². The van der Waals surface area contributed by atoms with Crippen molar-refractivity contribution in [1.82, 2.24) is 5.01 Å². The molecule has 0 amide bonds. The highest BCUT2D eigenvalue weighted by Crippen LogP contribution is 2.35. The summed E-state index contributed by atoms with van der Waals surface area (Å²) < 4.78 is 0.897. The van der Waals surface area contributed by atoms with Crippen molar-refractivity contribution in [1.29, 1.82) is 0 Å². The molecular weight excluding hydrogens is 182 g/mol. The number of nitroso groups, excluding NO2 is 1. The van der Waals surface area contributed by atoms with Gasteiger partial charge in [0.15, 0.2) is 5.71 Å². The minimum atomic E-state index is -0.878. The van der Waals surface area contributed by atoms with Crippen molar-refractivity contribution in [3.05, 3.63) is 10.1 Å². The highest BCUT2D eigenvalue weighted by molar-refractivity contribution is 5.89. The molecule has 14 heavy (non-hydrogen) atoms. The molecule has 5 nitrogen and oxygen atoms in total. The summed E-state index contributed by atoms with van der Waals surface area (Å²) in [5.74, 6) is 0. The fraction of sp³-hybridized carbons (Fsp3) is 0.889. The normalized spacial score (nSPS) is 24.2. The van der Waals surface area contributed by atoms with Crippen molar-refractivity contribution in [3.8, 4) is 0 Å². The van der Waals surface area contributed by atoms with E-state index in [-0.39, 0.29) is 0 Å². The molecule has 0 aromatic rings. The molecule has 0 unspecified atom stereocenters. The minimum absolute atomic E-state index is 0.582. The van der Waals surface area contributed by atoms with Gasteiger partial charge in [-0.1, -0.05) is 6.92 Å². The quantitative estimate of drug-likeness (QED) is 0.387. The second-order valence-corrected chi connectivity index (χ2v) is 4.54. The lowest BCUT2D eigenvalue weighted by molar-refractivity contribution is -0.559. The SMILES string of the molecule is CCC1=[N+]([O-])C(C)(C)N(N=O)C1(C)C.